The molecular formula is C15H18N2O3. The van der Waals surface area contributed by atoms with Crippen LogP contribution in [0.1, 0.15) is 12.0 Å². The van der Waals surface area contributed by atoms with Crippen molar-refractivity contribution in [1.82, 2.24) is 4.90 Å². The van der Waals surface area contributed by atoms with E-state index in [-0.39, 0.29) is 25.5 Å². The Morgan fingerprint density at radius 1 is 1.30 bits per heavy atom. The summed E-state index contributed by atoms with van der Waals surface area (Å²) in [5.74, 6) is 1.44. The fourth-order valence-corrected chi connectivity index (χ4v) is 1.68. The van der Waals surface area contributed by atoms with E-state index >= 15 is 0 Å². The second-order valence-corrected chi connectivity index (χ2v) is 4.47. The maximum absolute atomic E-state index is 12.3. The molecule has 1 N–H and O–H groups in total. The third kappa shape index (κ3) is 4.32. The fraction of sp³-hybridized carbons (Fsp3) is 0.333. The zero-order valence-electron chi connectivity index (χ0n) is 11.7. The van der Waals surface area contributed by atoms with Gasteiger partial charge in [-0.05, 0) is 19.1 Å². The standard InChI is InChI=1S/C15H18N2O3/c1-4-10-16(3)15(20)17(11-9-14(18)19)13-7-5-12(2)6-8-13/h1,5-8H,9-11H2,2-3H3,(H,18,19). The molecule has 0 fully saturated rings. The monoisotopic (exact) mass is 274 g/mol. The number of carbonyl (C=O) groups is 2. The Balaban J connectivity index is 2.95. The lowest BCUT2D eigenvalue weighted by Crippen LogP contribution is -2.42. The minimum Gasteiger partial charge on any atom is -0.481 e. The van der Waals surface area contributed by atoms with Gasteiger partial charge >= 0.3 is 12.0 Å². The minimum atomic E-state index is -0.950. The van der Waals surface area contributed by atoms with E-state index in [0.717, 1.165) is 5.56 Å². The molecule has 0 spiro atoms. The van der Waals surface area contributed by atoms with E-state index < -0.39 is 5.97 Å². The summed E-state index contributed by atoms with van der Waals surface area (Å²) in [4.78, 5) is 25.8. The number of nitrogens with zero attached hydrogens (tertiary/aromatic N) is 2. The summed E-state index contributed by atoms with van der Waals surface area (Å²) < 4.78 is 0. The van der Waals surface area contributed by atoms with Crippen molar-refractivity contribution in [3.05, 3.63) is 29.8 Å². The molecule has 5 nitrogen and oxygen atoms in total. The van der Waals surface area contributed by atoms with Crippen molar-refractivity contribution < 1.29 is 14.7 Å². The molecular weight excluding hydrogens is 256 g/mol. The molecule has 0 aliphatic rings. The second-order valence-electron chi connectivity index (χ2n) is 4.47. The van der Waals surface area contributed by atoms with Crippen LogP contribution in [-0.2, 0) is 4.79 Å². The van der Waals surface area contributed by atoms with Crippen molar-refractivity contribution in [2.45, 2.75) is 13.3 Å². The van der Waals surface area contributed by atoms with Gasteiger partial charge in [-0.2, -0.15) is 0 Å². The average Bonchev–Trinajstić information content (AvgIpc) is 2.40. The van der Waals surface area contributed by atoms with E-state index in [2.05, 4.69) is 5.92 Å². The first kappa shape index (κ1) is 15.6. The van der Waals surface area contributed by atoms with Gasteiger partial charge < -0.3 is 10.0 Å². The quantitative estimate of drug-likeness (QED) is 0.835. The predicted octanol–water partition coefficient (Wildman–Crippen LogP) is 1.96. The van der Waals surface area contributed by atoms with Gasteiger partial charge in [-0.3, -0.25) is 9.69 Å². The van der Waals surface area contributed by atoms with Crippen molar-refractivity contribution in [1.29, 1.82) is 0 Å². The molecule has 1 aromatic rings. The molecule has 0 aromatic heterocycles. The lowest BCUT2D eigenvalue weighted by Gasteiger charge is -2.27. The zero-order chi connectivity index (χ0) is 15.1. The number of benzene rings is 1. The predicted molar refractivity (Wildman–Crippen MR) is 77.6 cm³/mol. The van der Waals surface area contributed by atoms with Crippen LogP contribution in [-0.4, -0.2) is 42.1 Å². The van der Waals surface area contributed by atoms with E-state index in [1.54, 1.807) is 19.2 Å². The first-order valence-electron chi connectivity index (χ1n) is 6.20. The molecule has 20 heavy (non-hydrogen) atoms. The molecule has 0 radical (unpaired) electrons. The average molecular weight is 274 g/mol. The van der Waals surface area contributed by atoms with Crippen molar-refractivity contribution in [3.63, 3.8) is 0 Å². The van der Waals surface area contributed by atoms with Gasteiger partial charge in [0.05, 0.1) is 13.0 Å². The van der Waals surface area contributed by atoms with Gasteiger partial charge in [-0.15, -0.1) is 6.42 Å². The molecule has 1 rings (SSSR count). The van der Waals surface area contributed by atoms with E-state index in [4.69, 9.17) is 11.5 Å². The van der Waals surface area contributed by atoms with E-state index in [9.17, 15) is 9.59 Å². The Morgan fingerprint density at radius 3 is 2.40 bits per heavy atom. The lowest BCUT2D eigenvalue weighted by atomic mass is 10.2. The largest absolute Gasteiger partial charge is 0.481 e. The normalized spacial score (nSPS) is 9.65. The van der Waals surface area contributed by atoms with Crippen LogP contribution in [0.15, 0.2) is 24.3 Å². The van der Waals surface area contributed by atoms with Crippen molar-refractivity contribution in [2.75, 3.05) is 25.0 Å². The Morgan fingerprint density at radius 2 is 1.90 bits per heavy atom. The topological polar surface area (TPSA) is 60.9 Å². The highest BCUT2D eigenvalue weighted by molar-refractivity contribution is 5.92. The highest BCUT2D eigenvalue weighted by Crippen LogP contribution is 2.17. The SMILES string of the molecule is C#CCN(C)C(=O)N(CCC(=O)O)c1ccc(C)cc1. The Bertz CT molecular complexity index is 517. The Hall–Kier alpha value is -2.48. The second kappa shape index (κ2) is 7.19. The van der Waals surface area contributed by atoms with Crippen molar-refractivity contribution in [2.24, 2.45) is 0 Å². The molecule has 0 unspecified atom stereocenters. The Kier molecular flexibility index (Phi) is 5.60. The summed E-state index contributed by atoms with van der Waals surface area (Å²) >= 11 is 0. The molecule has 5 heteroatoms. The molecule has 0 aliphatic carbocycles. The minimum absolute atomic E-state index is 0.103. The summed E-state index contributed by atoms with van der Waals surface area (Å²) in [5, 5.41) is 8.79. The lowest BCUT2D eigenvalue weighted by molar-refractivity contribution is -0.136. The molecule has 1 aromatic carbocycles. The third-order valence-electron chi connectivity index (χ3n) is 2.78. The van der Waals surface area contributed by atoms with Crippen molar-refractivity contribution >= 4 is 17.7 Å². The summed E-state index contributed by atoms with van der Waals surface area (Å²) in [5.41, 5.74) is 1.72. The number of carboxylic acid groups (broad SMARTS) is 1. The molecule has 2 amide bonds. The van der Waals surface area contributed by atoms with Crippen LogP contribution in [0.5, 0.6) is 0 Å². The Labute approximate surface area is 118 Å². The molecule has 0 saturated carbocycles. The molecule has 0 bridgehead atoms. The van der Waals surface area contributed by atoms with Crippen LogP contribution in [0.2, 0.25) is 0 Å². The van der Waals surface area contributed by atoms with Gasteiger partial charge in [-0.25, -0.2) is 4.79 Å². The number of amides is 2. The summed E-state index contributed by atoms with van der Waals surface area (Å²) in [7, 11) is 1.59. The number of carbonyl (C=O) groups excluding carboxylic acids is 1. The highest BCUT2D eigenvalue weighted by atomic mass is 16.4. The summed E-state index contributed by atoms with van der Waals surface area (Å²) in [6.07, 6.45) is 5.07. The number of anilines is 1. The number of hydrogen-bond donors (Lipinski definition) is 1. The van der Waals surface area contributed by atoms with E-state index in [0.29, 0.717) is 5.69 Å². The molecule has 0 aliphatic heterocycles. The maximum Gasteiger partial charge on any atom is 0.325 e. The smallest absolute Gasteiger partial charge is 0.325 e. The highest BCUT2D eigenvalue weighted by Gasteiger charge is 2.19. The number of urea groups is 1. The number of aliphatic carboxylic acids is 1. The van der Waals surface area contributed by atoms with Gasteiger partial charge in [0, 0.05) is 19.3 Å². The van der Waals surface area contributed by atoms with Gasteiger partial charge in [-0.1, -0.05) is 23.6 Å². The van der Waals surface area contributed by atoms with Gasteiger partial charge in [0.25, 0.3) is 0 Å². The van der Waals surface area contributed by atoms with E-state index in [1.807, 2.05) is 19.1 Å². The number of aryl methyl sites for hydroxylation is 1. The maximum atomic E-state index is 12.3. The first-order chi connectivity index (χ1) is 9.45. The summed E-state index contributed by atoms with van der Waals surface area (Å²) in [6, 6.07) is 7.01. The van der Waals surface area contributed by atoms with Crippen LogP contribution in [0.4, 0.5) is 10.5 Å². The van der Waals surface area contributed by atoms with Crippen LogP contribution in [0, 0.1) is 19.3 Å². The fourth-order valence-electron chi connectivity index (χ4n) is 1.68. The zero-order valence-corrected chi connectivity index (χ0v) is 11.7. The van der Waals surface area contributed by atoms with E-state index in [1.165, 1.54) is 9.80 Å². The molecule has 0 saturated heterocycles. The van der Waals surface area contributed by atoms with Gasteiger partial charge in [0.2, 0.25) is 0 Å². The molecule has 106 valence electrons. The van der Waals surface area contributed by atoms with Crippen molar-refractivity contribution in [3.8, 4) is 12.3 Å². The van der Waals surface area contributed by atoms with Crippen LogP contribution >= 0.6 is 0 Å². The number of carboxylic acids is 1. The van der Waals surface area contributed by atoms with Crippen LogP contribution in [0.3, 0.4) is 0 Å². The van der Waals surface area contributed by atoms with Gasteiger partial charge in [0.1, 0.15) is 0 Å². The van der Waals surface area contributed by atoms with Crippen LogP contribution < -0.4 is 4.90 Å². The first-order valence-corrected chi connectivity index (χ1v) is 6.20. The number of hydrogen-bond acceptors (Lipinski definition) is 2. The van der Waals surface area contributed by atoms with Gasteiger partial charge in [0.15, 0.2) is 0 Å². The number of terminal acetylenes is 1. The number of rotatable bonds is 5. The third-order valence-corrected chi connectivity index (χ3v) is 2.78. The molecule has 0 heterocycles. The van der Waals surface area contributed by atoms with Crippen LogP contribution in [0.25, 0.3) is 0 Å². The summed E-state index contributed by atoms with van der Waals surface area (Å²) in [6.45, 7) is 2.22. The molecule has 0 atom stereocenters.